The van der Waals surface area contributed by atoms with Gasteiger partial charge in [0.2, 0.25) is 5.91 Å². The SMILES string of the molecule is CCCN(CCC)C(=O)[C@@H](Cc1ccc(OCCN(C(C)C)C(C)C)cc1)NC(=O)c1ccccc1. The molecule has 0 aliphatic rings. The summed E-state index contributed by atoms with van der Waals surface area (Å²) in [7, 11) is 0. The first kappa shape index (κ1) is 29.4. The Balaban J connectivity index is 2.10. The van der Waals surface area contributed by atoms with Crippen LogP contribution in [0, 0.1) is 0 Å². The van der Waals surface area contributed by atoms with Crippen LogP contribution in [0.15, 0.2) is 54.6 Å². The normalized spacial score (nSPS) is 12.1. The molecule has 6 heteroatoms. The molecule has 0 saturated carbocycles. The molecule has 2 aromatic carbocycles. The largest absolute Gasteiger partial charge is 0.492 e. The zero-order valence-corrected chi connectivity index (χ0v) is 23.0. The number of nitrogens with one attached hydrogen (secondary N) is 1. The van der Waals surface area contributed by atoms with Crippen molar-refractivity contribution in [2.45, 2.75) is 78.9 Å². The van der Waals surface area contributed by atoms with Gasteiger partial charge in [-0.3, -0.25) is 14.5 Å². The molecule has 1 atom stereocenters. The second-order valence-electron chi connectivity index (χ2n) is 9.84. The lowest BCUT2D eigenvalue weighted by atomic mass is 10.0. The van der Waals surface area contributed by atoms with Gasteiger partial charge in [0.25, 0.3) is 5.91 Å². The maximum absolute atomic E-state index is 13.5. The van der Waals surface area contributed by atoms with E-state index in [4.69, 9.17) is 4.74 Å². The number of nitrogens with zero attached hydrogens (tertiary/aromatic N) is 2. The van der Waals surface area contributed by atoms with E-state index in [9.17, 15) is 9.59 Å². The van der Waals surface area contributed by atoms with E-state index in [0.29, 0.717) is 43.8 Å². The van der Waals surface area contributed by atoms with Crippen molar-refractivity contribution in [1.29, 1.82) is 0 Å². The average Bonchev–Trinajstić information content (AvgIpc) is 2.86. The van der Waals surface area contributed by atoms with E-state index in [0.717, 1.165) is 30.7 Å². The van der Waals surface area contributed by atoms with Crippen molar-refractivity contribution in [2.24, 2.45) is 0 Å². The Morgan fingerprint density at radius 3 is 1.94 bits per heavy atom. The molecule has 2 aromatic rings. The fourth-order valence-corrected chi connectivity index (χ4v) is 4.46. The van der Waals surface area contributed by atoms with Crippen LogP contribution in [0.2, 0.25) is 0 Å². The first-order chi connectivity index (χ1) is 17.3. The number of rotatable bonds is 15. The molecule has 0 aliphatic carbocycles. The van der Waals surface area contributed by atoms with Crippen molar-refractivity contribution in [3.63, 3.8) is 0 Å². The predicted molar refractivity (Wildman–Crippen MR) is 147 cm³/mol. The highest BCUT2D eigenvalue weighted by atomic mass is 16.5. The molecule has 0 aromatic heterocycles. The highest BCUT2D eigenvalue weighted by molar-refractivity contribution is 5.97. The summed E-state index contributed by atoms with van der Waals surface area (Å²) in [5.41, 5.74) is 1.53. The van der Waals surface area contributed by atoms with Gasteiger partial charge in [-0.05, 0) is 70.4 Å². The lowest BCUT2D eigenvalue weighted by molar-refractivity contribution is -0.133. The van der Waals surface area contributed by atoms with Gasteiger partial charge in [-0.25, -0.2) is 0 Å². The Labute approximate surface area is 218 Å². The molecule has 6 nitrogen and oxygen atoms in total. The highest BCUT2D eigenvalue weighted by Crippen LogP contribution is 2.16. The molecule has 0 saturated heterocycles. The summed E-state index contributed by atoms with van der Waals surface area (Å²) in [6.07, 6.45) is 2.18. The third-order valence-electron chi connectivity index (χ3n) is 6.25. The highest BCUT2D eigenvalue weighted by Gasteiger charge is 2.26. The van der Waals surface area contributed by atoms with Crippen molar-refractivity contribution < 1.29 is 14.3 Å². The van der Waals surface area contributed by atoms with Crippen molar-refractivity contribution in [1.82, 2.24) is 15.1 Å². The molecule has 0 spiro atoms. The summed E-state index contributed by atoms with van der Waals surface area (Å²) >= 11 is 0. The number of benzene rings is 2. The van der Waals surface area contributed by atoms with E-state index in [1.807, 2.05) is 47.4 Å². The monoisotopic (exact) mass is 495 g/mol. The standard InChI is InChI=1S/C30H45N3O3/c1-7-18-32(19-8-2)30(35)28(31-29(34)26-12-10-9-11-13-26)22-25-14-16-27(17-15-25)36-21-20-33(23(3)4)24(5)6/h9-17,23-24,28H,7-8,18-22H2,1-6H3,(H,31,34)/t28-/m1/s1. The van der Waals surface area contributed by atoms with Crippen molar-refractivity contribution >= 4 is 11.8 Å². The van der Waals surface area contributed by atoms with Gasteiger partial charge in [0.15, 0.2) is 0 Å². The second kappa shape index (κ2) is 15.3. The molecule has 1 N–H and O–H groups in total. The van der Waals surface area contributed by atoms with Crippen LogP contribution in [0.5, 0.6) is 5.75 Å². The van der Waals surface area contributed by atoms with E-state index in [1.165, 1.54) is 0 Å². The zero-order chi connectivity index (χ0) is 26.5. The van der Waals surface area contributed by atoms with Gasteiger partial charge in [-0.2, -0.15) is 0 Å². The van der Waals surface area contributed by atoms with Crippen LogP contribution in [-0.2, 0) is 11.2 Å². The Bertz CT molecular complexity index is 899. The molecular formula is C30H45N3O3. The number of hydrogen-bond donors (Lipinski definition) is 1. The van der Waals surface area contributed by atoms with E-state index < -0.39 is 6.04 Å². The van der Waals surface area contributed by atoms with E-state index >= 15 is 0 Å². The van der Waals surface area contributed by atoms with Gasteiger partial charge < -0.3 is 15.0 Å². The minimum Gasteiger partial charge on any atom is -0.492 e. The van der Waals surface area contributed by atoms with Crippen LogP contribution < -0.4 is 10.1 Å². The Morgan fingerprint density at radius 2 is 1.42 bits per heavy atom. The van der Waals surface area contributed by atoms with Crippen LogP contribution in [0.3, 0.4) is 0 Å². The van der Waals surface area contributed by atoms with Crippen molar-refractivity contribution in [3.05, 3.63) is 65.7 Å². The van der Waals surface area contributed by atoms with Crippen LogP contribution in [-0.4, -0.2) is 66.0 Å². The van der Waals surface area contributed by atoms with Crippen LogP contribution >= 0.6 is 0 Å². The van der Waals surface area contributed by atoms with Gasteiger partial charge in [-0.1, -0.05) is 44.2 Å². The van der Waals surface area contributed by atoms with E-state index in [-0.39, 0.29) is 11.8 Å². The Morgan fingerprint density at radius 1 is 0.833 bits per heavy atom. The molecule has 0 heterocycles. The minimum atomic E-state index is -0.631. The molecule has 0 fully saturated rings. The molecule has 2 rings (SSSR count). The zero-order valence-electron chi connectivity index (χ0n) is 23.0. The molecule has 2 amide bonds. The van der Waals surface area contributed by atoms with Crippen LogP contribution in [0.4, 0.5) is 0 Å². The first-order valence-electron chi connectivity index (χ1n) is 13.4. The summed E-state index contributed by atoms with van der Waals surface area (Å²) in [6.45, 7) is 15.8. The maximum atomic E-state index is 13.5. The van der Waals surface area contributed by atoms with E-state index in [1.54, 1.807) is 12.1 Å². The number of ether oxygens (including phenoxy) is 1. The van der Waals surface area contributed by atoms with E-state index in [2.05, 4.69) is 51.8 Å². The summed E-state index contributed by atoms with van der Waals surface area (Å²) < 4.78 is 5.98. The number of hydrogen-bond acceptors (Lipinski definition) is 4. The third kappa shape index (κ3) is 9.30. The predicted octanol–water partition coefficient (Wildman–Crippen LogP) is 5.17. The summed E-state index contributed by atoms with van der Waals surface area (Å²) in [4.78, 5) is 30.6. The molecule has 198 valence electrons. The van der Waals surface area contributed by atoms with Gasteiger partial charge in [0.05, 0.1) is 0 Å². The van der Waals surface area contributed by atoms with Crippen molar-refractivity contribution in [2.75, 3.05) is 26.2 Å². The maximum Gasteiger partial charge on any atom is 0.251 e. The summed E-state index contributed by atoms with van der Waals surface area (Å²) in [5.74, 6) is 0.536. The topological polar surface area (TPSA) is 61.9 Å². The Hall–Kier alpha value is -2.86. The molecule has 0 unspecified atom stereocenters. The number of amides is 2. The van der Waals surface area contributed by atoms with Gasteiger partial charge in [0.1, 0.15) is 18.4 Å². The molecule has 0 bridgehead atoms. The lowest BCUT2D eigenvalue weighted by Gasteiger charge is -2.30. The van der Waals surface area contributed by atoms with Crippen LogP contribution in [0.1, 0.15) is 70.3 Å². The van der Waals surface area contributed by atoms with Gasteiger partial charge in [-0.15, -0.1) is 0 Å². The van der Waals surface area contributed by atoms with Crippen LogP contribution in [0.25, 0.3) is 0 Å². The lowest BCUT2D eigenvalue weighted by Crippen LogP contribution is -2.50. The summed E-state index contributed by atoms with van der Waals surface area (Å²) in [6, 6.07) is 17.2. The first-order valence-corrected chi connectivity index (χ1v) is 13.4. The van der Waals surface area contributed by atoms with Gasteiger partial charge in [0, 0.05) is 43.7 Å². The molecule has 0 aliphatic heterocycles. The quantitative estimate of drug-likeness (QED) is 0.370. The Kier molecular flexibility index (Phi) is 12.5. The molecular weight excluding hydrogens is 450 g/mol. The number of carbonyl (C=O) groups is 2. The fourth-order valence-electron chi connectivity index (χ4n) is 4.46. The molecule has 0 radical (unpaired) electrons. The van der Waals surface area contributed by atoms with Gasteiger partial charge >= 0.3 is 0 Å². The fraction of sp³-hybridized carbons (Fsp3) is 0.533. The average molecular weight is 496 g/mol. The third-order valence-corrected chi connectivity index (χ3v) is 6.25. The van der Waals surface area contributed by atoms with Crippen molar-refractivity contribution in [3.8, 4) is 5.75 Å². The molecule has 36 heavy (non-hydrogen) atoms. The minimum absolute atomic E-state index is 0.0363. The smallest absolute Gasteiger partial charge is 0.251 e. The number of carbonyl (C=O) groups excluding carboxylic acids is 2. The summed E-state index contributed by atoms with van der Waals surface area (Å²) in [5, 5.41) is 2.99. The second-order valence-corrected chi connectivity index (χ2v) is 9.84.